The highest BCUT2D eigenvalue weighted by molar-refractivity contribution is 6.30. The molecule has 1 aliphatic carbocycles. The highest BCUT2D eigenvalue weighted by atomic mass is 35.5. The van der Waals surface area contributed by atoms with E-state index in [0.29, 0.717) is 17.5 Å². The zero-order chi connectivity index (χ0) is 20.4. The van der Waals surface area contributed by atoms with E-state index in [0.717, 1.165) is 30.5 Å². The summed E-state index contributed by atoms with van der Waals surface area (Å²) in [5.41, 5.74) is 5.66. The second-order valence-corrected chi connectivity index (χ2v) is 7.74. The Balaban J connectivity index is 1.75. The lowest BCUT2D eigenvalue weighted by atomic mass is 10.0. The van der Waals surface area contributed by atoms with E-state index in [1.807, 2.05) is 28.8 Å². The molecule has 0 fully saturated rings. The highest BCUT2D eigenvalue weighted by Gasteiger charge is 2.16. The lowest BCUT2D eigenvalue weighted by molar-refractivity contribution is 0.402. The average molecular weight is 410 g/mol. The van der Waals surface area contributed by atoms with Crippen LogP contribution in [0.25, 0.3) is 0 Å². The van der Waals surface area contributed by atoms with Crippen molar-refractivity contribution >= 4 is 23.2 Å². The minimum atomic E-state index is -0.392. The van der Waals surface area contributed by atoms with Gasteiger partial charge in [-0.25, -0.2) is 0 Å². The predicted octanol–water partition coefficient (Wildman–Crippen LogP) is 4.75. The fourth-order valence-electron chi connectivity index (χ4n) is 3.87. The minimum Gasteiger partial charge on any atom is -0.490 e. The minimum absolute atomic E-state index is 0.210. The van der Waals surface area contributed by atoms with Crippen molar-refractivity contribution < 1.29 is 4.74 Å². The maximum atomic E-state index is 12.4. The fourth-order valence-corrected chi connectivity index (χ4v) is 4.08. The number of fused-ring (bicyclic) bond motifs is 1. The monoisotopic (exact) mass is 409 g/mol. The van der Waals surface area contributed by atoms with Gasteiger partial charge < -0.3 is 14.6 Å². The smallest absolute Gasteiger partial charge is 0.316 e. The molecule has 0 unspecified atom stereocenters. The summed E-state index contributed by atoms with van der Waals surface area (Å²) < 4.78 is 7.10. The van der Waals surface area contributed by atoms with Crippen LogP contribution in [0, 0.1) is 0 Å². The molecule has 3 aromatic rings. The van der Waals surface area contributed by atoms with Gasteiger partial charge in [0, 0.05) is 10.7 Å². The normalized spacial score (nSPS) is 12.7. The molecule has 150 valence electrons. The van der Waals surface area contributed by atoms with Gasteiger partial charge in [-0.15, -0.1) is 0 Å². The summed E-state index contributed by atoms with van der Waals surface area (Å²) in [7, 11) is 1.48. The number of aryl methyl sites for hydroxylation is 3. The van der Waals surface area contributed by atoms with Crippen LogP contribution in [0.5, 0.6) is 5.75 Å². The molecule has 5 nitrogen and oxygen atoms in total. The number of rotatable bonds is 6. The van der Waals surface area contributed by atoms with Gasteiger partial charge >= 0.3 is 5.56 Å². The molecule has 1 aromatic heterocycles. The van der Waals surface area contributed by atoms with Gasteiger partial charge in [0.2, 0.25) is 11.7 Å². The quantitative estimate of drug-likeness (QED) is 0.638. The Kier molecular flexibility index (Phi) is 5.58. The number of methoxy groups -OCH3 is 1. The third kappa shape index (κ3) is 4.15. The lowest BCUT2D eigenvalue weighted by Crippen LogP contribution is -2.19. The number of aromatic nitrogens is 2. The molecule has 1 aliphatic rings. The van der Waals surface area contributed by atoms with Gasteiger partial charge in [-0.05, 0) is 66.1 Å². The first kappa shape index (κ1) is 19.5. The molecule has 0 radical (unpaired) electrons. The van der Waals surface area contributed by atoms with Crippen LogP contribution in [0.1, 0.15) is 35.6 Å². The van der Waals surface area contributed by atoms with E-state index in [4.69, 9.17) is 16.3 Å². The van der Waals surface area contributed by atoms with E-state index in [-0.39, 0.29) is 5.75 Å². The van der Waals surface area contributed by atoms with Crippen molar-refractivity contribution in [2.24, 2.45) is 0 Å². The molecular weight excluding hydrogens is 386 g/mol. The van der Waals surface area contributed by atoms with Gasteiger partial charge in [0.25, 0.3) is 0 Å². The van der Waals surface area contributed by atoms with Crippen molar-refractivity contribution in [1.82, 2.24) is 9.55 Å². The van der Waals surface area contributed by atoms with Gasteiger partial charge in [-0.3, -0.25) is 4.79 Å². The number of anilines is 2. The molecule has 29 heavy (non-hydrogen) atoms. The summed E-state index contributed by atoms with van der Waals surface area (Å²) in [5.74, 6) is 0.700. The first-order valence-electron chi connectivity index (χ1n) is 9.89. The molecule has 1 heterocycles. The second-order valence-electron chi connectivity index (χ2n) is 7.31. The zero-order valence-corrected chi connectivity index (χ0v) is 17.4. The van der Waals surface area contributed by atoms with Crippen LogP contribution in [0.4, 0.5) is 11.6 Å². The second kappa shape index (κ2) is 8.29. The van der Waals surface area contributed by atoms with Crippen LogP contribution in [-0.2, 0) is 25.8 Å². The lowest BCUT2D eigenvalue weighted by Gasteiger charge is -2.18. The van der Waals surface area contributed by atoms with Crippen LogP contribution in [0.2, 0.25) is 5.02 Å². The summed E-state index contributed by atoms with van der Waals surface area (Å²) in [6.07, 6.45) is 6.03. The Morgan fingerprint density at radius 2 is 2.00 bits per heavy atom. The van der Waals surface area contributed by atoms with Crippen molar-refractivity contribution in [3.05, 3.63) is 80.2 Å². The maximum Gasteiger partial charge on any atom is 0.316 e. The summed E-state index contributed by atoms with van der Waals surface area (Å²) >= 11 is 6.14. The van der Waals surface area contributed by atoms with Crippen molar-refractivity contribution in [2.45, 2.75) is 39.2 Å². The van der Waals surface area contributed by atoms with Gasteiger partial charge in [0.05, 0.1) is 19.9 Å². The summed E-state index contributed by atoms with van der Waals surface area (Å²) in [4.78, 5) is 16.6. The van der Waals surface area contributed by atoms with Crippen LogP contribution >= 0.6 is 11.6 Å². The molecule has 0 spiro atoms. The summed E-state index contributed by atoms with van der Waals surface area (Å²) in [6.45, 7) is 2.65. The highest BCUT2D eigenvalue weighted by Crippen LogP contribution is 2.30. The number of benzene rings is 2. The Morgan fingerprint density at radius 1 is 1.21 bits per heavy atom. The number of halogens is 1. The molecule has 0 amide bonds. The number of ether oxygens (including phenoxy) is 1. The Hall–Kier alpha value is -2.79. The zero-order valence-electron chi connectivity index (χ0n) is 16.7. The van der Waals surface area contributed by atoms with E-state index < -0.39 is 5.56 Å². The standard InChI is InChI=1S/C23H24ClN3O2/c1-3-16-11-17-7-5-8-18(17)12-20(16)25-23-26-22(28)21(29-2)14-27(23)13-15-6-4-9-19(24)10-15/h4,6,9-12,14H,3,5,7-8,13H2,1-2H3,(H,25,26,28). The molecule has 6 heteroatoms. The molecule has 0 aliphatic heterocycles. The number of hydrogen-bond acceptors (Lipinski definition) is 4. The molecule has 0 saturated carbocycles. The Labute approximate surface area is 175 Å². The summed E-state index contributed by atoms with van der Waals surface area (Å²) in [6, 6.07) is 12.1. The molecule has 2 aromatic carbocycles. The van der Waals surface area contributed by atoms with Crippen molar-refractivity contribution in [1.29, 1.82) is 0 Å². The molecule has 0 saturated heterocycles. The first-order valence-corrected chi connectivity index (χ1v) is 10.3. The van der Waals surface area contributed by atoms with E-state index in [1.165, 1.54) is 30.2 Å². The van der Waals surface area contributed by atoms with Crippen LogP contribution in [0.3, 0.4) is 0 Å². The topological polar surface area (TPSA) is 56.1 Å². The number of hydrogen-bond donors (Lipinski definition) is 1. The van der Waals surface area contributed by atoms with Gasteiger partial charge in [-0.1, -0.05) is 36.7 Å². The van der Waals surface area contributed by atoms with E-state index in [9.17, 15) is 4.79 Å². The fraction of sp³-hybridized carbons (Fsp3) is 0.304. The largest absolute Gasteiger partial charge is 0.490 e. The Morgan fingerprint density at radius 3 is 2.72 bits per heavy atom. The third-order valence-electron chi connectivity index (χ3n) is 5.37. The van der Waals surface area contributed by atoms with Crippen LogP contribution in [0.15, 0.2) is 47.4 Å². The first-order chi connectivity index (χ1) is 14.1. The number of nitrogens with one attached hydrogen (secondary N) is 1. The van der Waals surface area contributed by atoms with Gasteiger partial charge in [-0.2, -0.15) is 4.98 Å². The molecule has 4 rings (SSSR count). The third-order valence-corrected chi connectivity index (χ3v) is 5.61. The van der Waals surface area contributed by atoms with Gasteiger partial charge in [0.1, 0.15) is 0 Å². The van der Waals surface area contributed by atoms with Gasteiger partial charge in [0.15, 0.2) is 0 Å². The number of nitrogens with zero attached hydrogens (tertiary/aromatic N) is 2. The molecule has 0 bridgehead atoms. The Bertz CT molecular complexity index is 1110. The maximum absolute atomic E-state index is 12.4. The van der Waals surface area contributed by atoms with Crippen molar-refractivity contribution in [2.75, 3.05) is 12.4 Å². The van der Waals surface area contributed by atoms with Crippen molar-refractivity contribution in [3.8, 4) is 5.75 Å². The molecular formula is C23H24ClN3O2. The SMILES string of the molecule is CCc1cc2c(cc1Nc1nc(=O)c(OC)cn1Cc1cccc(Cl)c1)CCC2. The average Bonchev–Trinajstić information content (AvgIpc) is 3.16. The summed E-state index contributed by atoms with van der Waals surface area (Å²) in [5, 5.41) is 4.08. The molecule has 1 N–H and O–H groups in total. The van der Waals surface area contributed by atoms with E-state index in [1.54, 1.807) is 6.20 Å². The van der Waals surface area contributed by atoms with Crippen LogP contribution in [-0.4, -0.2) is 16.7 Å². The van der Waals surface area contributed by atoms with Crippen LogP contribution < -0.4 is 15.6 Å². The van der Waals surface area contributed by atoms with E-state index >= 15 is 0 Å². The predicted molar refractivity (Wildman–Crippen MR) is 117 cm³/mol. The van der Waals surface area contributed by atoms with E-state index in [2.05, 4.69) is 29.4 Å². The van der Waals surface area contributed by atoms with Crippen molar-refractivity contribution in [3.63, 3.8) is 0 Å². The molecule has 0 atom stereocenters.